The maximum Gasteiger partial charge on any atom is 0.416 e. The van der Waals surface area contributed by atoms with Gasteiger partial charge in [0.1, 0.15) is 0 Å². The molecule has 2 aromatic carbocycles. The molecule has 0 heterocycles. The third-order valence-electron chi connectivity index (χ3n) is 2.63. The second kappa shape index (κ2) is 6.13. The van der Waals surface area contributed by atoms with Gasteiger partial charge in [-0.3, -0.25) is 4.79 Å². The Kier molecular flexibility index (Phi) is 4.49. The molecule has 0 saturated heterocycles. The largest absolute Gasteiger partial charge is 0.416 e. The van der Waals surface area contributed by atoms with Crippen LogP contribution in [-0.4, -0.2) is 5.12 Å². The number of halogens is 3. The number of carbonyl (C=O) groups excluding carboxylic acids is 1. The van der Waals surface area contributed by atoms with Gasteiger partial charge >= 0.3 is 6.18 Å². The van der Waals surface area contributed by atoms with E-state index in [9.17, 15) is 18.0 Å². The predicted molar refractivity (Wildman–Crippen MR) is 73.5 cm³/mol. The lowest BCUT2D eigenvalue weighted by Gasteiger charge is -2.08. The fourth-order valence-electron chi connectivity index (χ4n) is 1.64. The minimum Gasteiger partial charge on any atom is -0.282 e. The van der Waals surface area contributed by atoms with E-state index in [-0.39, 0.29) is 10.9 Å². The summed E-state index contributed by atoms with van der Waals surface area (Å²) in [5.74, 6) is 0.220. The molecule has 1 nitrogen and oxygen atoms in total. The lowest BCUT2D eigenvalue weighted by atomic mass is 10.1. The molecule has 0 unspecified atom stereocenters. The standard InChI is InChI=1S/C15H11F3OS/c16-15(17,18)13-8-4-5-11(9-13)10-20-14(19)12-6-2-1-3-7-12/h1-9H,10H2. The zero-order valence-electron chi connectivity index (χ0n) is 10.4. The Morgan fingerprint density at radius 3 is 2.35 bits per heavy atom. The molecule has 0 amide bonds. The normalized spacial score (nSPS) is 11.3. The summed E-state index contributed by atoms with van der Waals surface area (Å²) in [6.07, 6.45) is -4.36. The average Bonchev–Trinajstić information content (AvgIpc) is 2.45. The quantitative estimate of drug-likeness (QED) is 0.811. The first-order valence-electron chi connectivity index (χ1n) is 5.85. The highest BCUT2D eigenvalue weighted by Crippen LogP contribution is 2.30. The summed E-state index contributed by atoms with van der Waals surface area (Å²) >= 11 is 0.996. The van der Waals surface area contributed by atoms with Crippen molar-refractivity contribution in [3.8, 4) is 0 Å². The molecule has 0 aliphatic rings. The van der Waals surface area contributed by atoms with E-state index in [0.29, 0.717) is 11.1 Å². The van der Waals surface area contributed by atoms with Crippen molar-refractivity contribution in [3.05, 3.63) is 71.3 Å². The first kappa shape index (κ1) is 14.7. The fraction of sp³-hybridized carbons (Fsp3) is 0.133. The average molecular weight is 296 g/mol. The number of rotatable bonds is 3. The van der Waals surface area contributed by atoms with Crippen LogP contribution in [0.25, 0.3) is 0 Å². The van der Waals surface area contributed by atoms with Gasteiger partial charge < -0.3 is 0 Å². The van der Waals surface area contributed by atoms with Gasteiger partial charge in [-0.05, 0) is 11.6 Å². The van der Waals surface area contributed by atoms with E-state index in [1.54, 1.807) is 36.4 Å². The van der Waals surface area contributed by atoms with Gasteiger partial charge in [0, 0.05) is 11.3 Å². The molecule has 20 heavy (non-hydrogen) atoms. The number of carbonyl (C=O) groups is 1. The molecule has 0 radical (unpaired) electrons. The monoisotopic (exact) mass is 296 g/mol. The Morgan fingerprint density at radius 2 is 1.70 bits per heavy atom. The summed E-state index contributed by atoms with van der Waals surface area (Å²) in [5, 5.41) is -0.150. The first-order chi connectivity index (χ1) is 9.47. The Morgan fingerprint density at radius 1 is 1.00 bits per heavy atom. The fourth-order valence-corrected chi connectivity index (χ4v) is 2.42. The van der Waals surface area contributed by atoms with Crippen LogP contribution in [0.1, 0.15) is 21.5 Å². The number of thioether (sulfide) groups is 1. The van der Waals surface area contributed by atoms with Crippen molar-refractivity contribution in [3.63, 3.8) is 0 Å². The molecule has 2 rings (SSSR count). The third-order valence-corrected chi connectivity index (χ3v) is 3.61. The number of hydrogen-bond donors (Lipinski definition) is 0. The van der Waals surface area contributed by atoms with Gasteiger partial charge in [0.05, 0.1) is 5.56 Å². The molecule has 5 heteroatoms. The molecule has 0 aliphatic heterocycles. The zero-order valence-corrected chi connectivity index (χ0v) is 11.2. The molecule has 2 aromatic rings. The molecule has 0 aromatic heterocycles. The topological polar surface area (TPSA) is 17.1 Å². The Bertz CT molecular complexity index is 594. The maximum atomic E-state index is 12.6. The van der Waals surface area contributed by atoms with Crippen LogP contribution >= 0.6 is 11.8 Å². The van der Waals surface area contributed by atoms with E-state index < -0.39 is 11.7 Å². The van der Waals surface area contributed by atoms with Crippen LogP contribution in [0, 0.1) is 0 Å². The van der Waals surface area contributed by atoms with Crippen LogP contribution < -0.4 is 0 Å². The third kappa shape index (κ3) is 3.87. The van der Waals surface area contributed by atoms with Gasteiger partial charge in [-0.25, -0.2) is 0 Å². The summed E-state index contributed by atoms with van der Waals surface area (Å²) in [7, 11) is 0. The molecule has 0 N–H and O–H groups in total. The van der Waals surface area contributed by atoms with E-state index >= 15 is 0 Å². The summed E-state index contributed by atoms with van der Waals surface area (Å²) in [4.78, 5) is 11.8. The lowest BCUT2D eigenvalue weighted by Crippen LogP contribution is -2.05. The van der Waals surface area contributed by atoms with Gasteiger partial charge in [0.15, 0.2) is 0 Å². The molecule has 0 atom stereocenters. The minimum atomic E-state index is -4.36. The molecule has 0 saturated carbocycles. The van der Waals surface area contributed by atoms with Gasteiger partial charge in [-0.2, -0.15) is 13.2 Å². The van der Waals surface area contributed by atoms with Crippen LogP contribution in [0.4, 0.5) is 13.2 Å². The van der Waals surface area contributed by atoms with Crippen molar-refractivity contribution >= 4 is 16.9 Å². The Labute approximate surface area is 118 Å². The number of benzene rings is 2. The summed E-state index contributed by atoms with van der Waals surface area (Å²) in [5.41, 5.74) is 0.335. The molecule has 0 spiro atoms. The lowest BCUT2D eigenvalue weighted by molar-refractivity contribution is -0.137. The van der Waals surface area contributed by atoms with Gasteiger partial charge in [0.25, 0.3) is 0 Å². The maximum absolute atomic E-state index is 12.6. The summed E-state index contributed by atoms with van der Waals surface area (Å²) < 4.78 is 37.7. The molecular weight excluding hydrogens is 285 g/mol. The Hall–Kier alpha value is -1.75. The predicted octanol–water partition coefficient (Wildman–Crippen LogP) is 4.78. The molecular formula is C15H11F3OS. The molecule has 0 aliphatic carbocycles. The second-order valence-corrected chi connectivity index (χ2v) is 5.09. The van der Waals surface area contributed by atoms with E-state index in [4.69, 9.17) is 0 Å². The van der Waals surface area contributed by atoms with Crippen LogP contribution in [-0.2, 0) is 11.9 Å². The van der Waals surface area contributed by atoms with Crippen molar-refractivity contribution in [2.45, 2.75) is 11.9 Å². The summed E-state index contributed by atoms with van der Waals surface area (Å²) in [6.45, 7) is 0. The van der Waals surface area contributed by atoms with E-state index in [2.05, 4.69) is 0 Å². The van der Waals surface area contributed by atoms with Crippen LogP contribution in [0.15, 0.2) is 54.6 Å². The van der Waals surface area contributed by atoms with Gasteiger partial charge in [0.2, 0.25) is 5.12 Å². The highest BCUT2D eigenvalue weighted by Gasteiger charge is 2.30. The van der Waals surface area contributed by atoms with E-state index in [1.165, 1.54) is 6.07 Å². The van der Waals surface area contributed by atoms with Gasteiger partial charge in [-0.1, -0.05) is 60.3 Å². The van der Waals surface area contributed by atoms with Crippen molar-refractivity contribution in [2.24, 2.45) is 0 Å². The highest BCUT2D eigenvalue weighted by molar-refractivity contribution is 8.13. The molecule has 0 fully saturated rings. The van der Waals surface area contributed by atoms with Crippen molar-refractivity contribution < 1.29 is 18.0 Å². The number of alkyl halides is 3. The smallest absolute Gasteiger partial charge is 0.282 e. The van der Waals surface area contributed by atoms with Crippen molar-refractivity contribution in [2.75, 3.05) is 0 Å². The summed E-state index contributed by atoms with van der Waals surface area (Å²) in [6, 6.07) is 13.7. The van der Waals surface area contributed by atoms with Crippen LogP contribution in [0.5, 0.6) is 0 Å². The van der Waals surface area contributed by atoms with Gasteiger partial charge in [-0.15, -0.1) is 0 Å². The van der Waals surface area contributed by atoms with Crippen molar-refractivity contribution in [1.29, 1.82) is 0 Å². The second-order valence-electron chi connectivity index (χ2n) is 4.14. The first-order valence-corrected chi connectivity index (χ1v) is 6.84. The zero-order chi connectivity index (χ0) is 14.6. The Balaban J connectivity index is 2.03. The number of hydrogen-bond acceptors (Lipinski definition) is 2. The molecule has 104 valence electrons. The molecule has 0 bridgehead atoms. The highest BCUT2D eigenvalue weighted by atomic mass is 32.2. The SMILES string of the molecule is O=C(SCc1cccc(C(F)(F)F)c1)c1ccccc1. The minimum absolute atomic E-state index is 0.150. The van der Waals surface area contributed by atoms with Crippen LogP contribution in [0.3, 0.4) is 0 Å². The van der Waals surface area contributed by atoms with E-state index in [1.807, 2.05) is 0 Å². The van der Waals surface area contributed by atoms with Crippen molar-refractivity contribution in [1.82, 2.24) is 0 Å². The van der Waals surface area contributed by atoms with E-state index in [0.717, 1.165) is 23.9 Å². The van der Waals surface area contributed by atoms with Crippen LogP contribution in [0.2, 0.25) is 0 Å².